The number of fused-ring (bicyclic) bond motifs is 6. The molecule has 35 heavy (non-hydrogen) atoms. The highest BCUT2D eigenvalue weighted by Crippen LogP contribution is 2.38. The van der Waals surface area contributed by atoms with Crippen molar-refractivity contribution in [2.24, 2.45) is 0 Å². The fraction of sp³-hybridized carbons (Fsp3) is 0.464. The normalized spacial score (nSPS) is 19.5. The van der Waals surface area contributed by atoms with Crippen LogP contribution in [0.25, 0.3) is 21.9 Å². The second kappa shape index (κ2) is 9.19. The van der Waals surface area contributed by atoms with Crippen LogP contribution in [0.5, 0.6) is 5.75 Å². The maximum atomic E-state index is 5.44. The third-order valence-corrected chi connectivity index (χ3v) is 8.80. The summed E-state index contributed by atoms with van der Waals surface area (Å²) < 4.78 is 8.13. The van der Waals surface area contributed by atoms with E-state index in [1.807, 2.05) is 18.0 Å². The smallest absolute Gasteiger partial charge is 0.139 e. The predicted octanol–water partition coefficient (Wildman–Crippen LogP) is 4.90. The molecule has 0 amide bonds. The molecule has 184 valence electrons. The highest BCUT2D eigenvalue weighted by Gasteiger charge is 2.31. The predicted molar refractivity (Wildman–Crippen MR) is 145 cm³/mol. The SMILES string of the molecule is CCSc1ccc2c3c(n(C4Cc5c([nH]c6cc(OC)cnc56)CCN4C)c2c1)CCN(C)CC3. The summed E-state index contributed by atoms with van der Waals surface area (Å²) in [7, 11) is 6.25. The van der Waals surface area contributed by atoms with Gasteiger partial charge in [0.05, 0.1) is 36.0 Å². The van der Waals surface area contributed by atoms with Gasteiger partial charge in [-0.05, 0) is 44.0 Å². The fourth-order valence-electron chi connectivity index (χ4n) is 6.04. The Labute approximate surface area is 211 Å². The van der Waals surface area contributed by atoms with Gasteiger partial charge in [0.1, 0.15) is 5.75 Å². The number of nitrogens with one attached hydrogen (secondary N) is 1. The van der Waals surface area contributed by atoms with Gasteiger partial charge in [-0.3, -0.25) is 9.88 Å². The Hall–Kier alpha value is -2.48. The average molecular weight is 490 g/mol. The number of ether oxygens (including phenoxy) is 1. The minimum absolute atomic E-state index is 0.260. The van der Waals surface area contributed by atoms with E-state index in [0.717, 1.165) is 67.9 Å². The number of nitrogens with zero attached hydrogens (tertiary/aromatic N) is 4. The zero-order valence-corrected chi connectivity index (χ0v) is 22.0. The summed E-state index contributed by atoms with van der Waals surface area (Å²) in [5.41, 5.74) is 9.32. The van der Waals surface area contributed by atoms with Crippen LogP contribution < -0.4 is 4.74 Å². The van der Waals surface area contributed by atoms with Crippen molar-refractivity contribution in [3.05, 3.63) is 53.0 Å². The van der Waals surface area contributed by atoms with Crippen LogP contribution in [-0.4, -0.2) is 70.9 Å². The van der Waals surface area contributed by atoms with E-state index >= 15 is 0 Å². The van der Waals surface area contributed by atoms with Gasteiger partial charge in [-0.2, -0.15) is 0 Å². The molecule has 1 unspecified atom stereocenters. The molecule has 1 atom stereocenters. The van der Waals surface area contributed by atoms with Crippen LogP contribution in [0.2, 0.25) is 0 Å². The zero-order chi connectivity index (χ0) is 24.1. The molecule has 1 aromatic carbocycles. The highest BCUT2D eigenvalue weighted by atomic mass is 32.2. The first-order valence-electron chi connectivity index (χ1n) is 12.8. The Morgan fingerprint density at radius 1 is 1.09 bits per heavy atom. The van der Waals surface area contributed by atoms with Crippen molar-refractivity contribution >= 4 is 33.7 Å². The van der Waals surface area contributed by atoms with Gasteiger partial charge >= 0.3 is 0 Å². The van der Waals surface area contributed by atoms with Gasteiger partial charge in [-0.25, -0.2) is 0 Å². The van der Waals surface area contributed by atoms with Gasteiger partial charge in [0.25, 0.3) is 0 Å². The van der Waals surface area contributed by atoms with E-state index in [1.54, 1.807) is 12.7 Å². The van der Waals surface area contributed by atoms with Gasteiger partial charge in [0.15, 0.2) is 0 Å². The number of H-pyrrole nitrogens is 1. The number of rotatable bonds is 4. The molecule has 0 radical (unpaired) electrons. The summed E-state index contributed by atoms with van der Waals surface area (Å²) in [6, 6.07) is 9.23. The van der Waals surface area contributed by atoms with Crippen molar-refractivity contribution < 1.29 is 4.74 Å². The van der Waals surface area contributed by atoms with Crippen molar-refractivity contribution in [2.75, 3.05) is 46.6 Å². The molecule has 0 aliphatic carbocycles. The maximum Gasteiger partial charge on any atom is 0.139 e. The van der Waals surface area contributed by atoms with Gasteiger partial charge in [0.2, 0.25) is 0 Å². The lowest BCUT2D eigenvalue weighted by Gasteiger charge is -2.30. The summed E-state index contributed by atoms with van der Waals surface area (Å²) in [6.07, 6.45) is 6.27. The van der Waals surface area contributed by atoms with Gasteiger partial charge in [0, 0.05) is 72.2 Å². The van der Waals surface area contributed by atoms with Gasteiger partial charge in [-0.1, -0.05) is 13.0 Å². The number of thioether (sulfide) groups is 1. The number of hydrogen-bond donors (Lipinski definition) is 1. The van der Waals surface area contributed by atoms with E-state index in [4.69, 9.17) is 9.72 Å². The molecule has 1 N–H and O–H groups in total. The Bertz CT molecular complexity index is 1390. The lowest BCUT2D eigenvalue weighted by atomic mass is 10.1. The molecule has 2 aliphatic rings. The molecule has 3 aromatic heterocycles. The first-order chi connectivity index (χ1) is 17.1. The lowest BCUT2D eigenvalue weighted by Crippen LogP contribution is -2.32. The first-order valence-corrected chi connectivity index (χ1v) is 13.8. The van der Waals surface area contributed by atoms with Crippen LogP contribution in [0.15, 0.2) is 35.4 Å². The van der Waals surface area contributed by atoms with E-state index < -0.39 is 0 Å². The molecule has 0 spiro atoms. The third-order valence-electron chi connectivity index (χ3n) is 7.92. The Kier molecular flexibility index (Phi) is 6.03. The number of methoxy groups -OCH3 is 1. The topological polar surface area (TPSA) is 49.3 Å². The molecule has 6 rings (SSSR count). The van der Waals surface area contributed by atoms with Crippen LogP contribution >= 0.6 is 11.8 Å². The first kappa shape index (κ1) is 23.0. The third kappa shape index (κ3) is 3.94. The minimum atomic E-state index is 0.260. The van der Waals surface area contributed by atoms with Crippen molar-refractivity contribution in [1.29, 1.82) is 0 Å². The number of aromatic nitrogens is 3. The summed E-state index contributed by atoms with van der Waals surface area (Å²) in [5.74, 6) is 1.89. The Morgan fingerprint density at radius 3 is 2.77 bits per heavy atom. The number of benzene rings is 1. The molecular weight excluding hydrogens is 454 g/mol. The minimum Gasteiger partial charge on any atom is -0.495 e. The van der Waals surface area contributed by atoms with Crippen molar-refractivity contribution in [1.82, 2.24) is 24.3 Å². The molecule has 0 fully saturated rings. The fourth-order valence-corrected chi connectivity index (χ4v) is 6.73. The molecule has 2 aliphatic heterocycles. The summed E-state index contributed by atoms with van der Waals surface area (Å²) >= 11 is 1.93. The molecule has 7 heteroatoms. The molecule has 0 saturated carbocycles. The molecular formula is C28H35N5OS. The molecule has 0 bridgehead atoms. The van der Waals surface area contributed by atoms with Crippen LogP contribution in [0.4, 0.5) is 0 Å². The molecule has 5 heterocycles. The Balaban J connectivity index is 1.52. The highest BCUT2D eigenvalue weighted by molar-refractivity contribution is 7.99. The van der Waals surface area contributed by atoms with Crippen LogP contribution in [0, 0.1) is 0 Å². The zero-order valence-electron chi connectivity index (χ0n) is 21.2. The summed E-state index contributed by atoms with van der Waals surface area (Å²) in [5, 5.41) is 1.44. The van der Waals surface area contributed by atoms with Crippen molar-refractivity contribution in [2.45, 2.75) is 43.7 Å². The second-order valence-electron chi connectivity index (χ2n) is 9.98. The van der Waals surface area contributed by atoms with Gasteiger partial charge < -0.3 is 19.2 Å². The average Bonchev–Trinajstić information content (AvgIpc) is 3.22. The van der Waals surface area contributed by atoms with Crippen LogP contribution in [0.1, 0.15) is 35.6 Å². The van der Waals surface area contributed by atoms with Crippen LogP contribution in [0.3, 0.4) is 0 Å². The van der Waals surface area contributed by atoms with Crippen molar-refractivity contribution in [3.8, 4) is 5.75 Å². The van der Waals surface area contributed by atoms with E-state index in [9.17, 15) is 0 Å². The summed E-state index contributed by atoms with van der Waals surface area (Å²) in [6.45, 7) is 5.48. The molecule has 4 aromatic rings. The monoisotopic (exact) mass is 489 g/mol. The number of likely N-dealkylation sites (N-methyl/N-ethyl adjacent to an activating group) is 2. The van der Waals surface area contributed by atoms with Gasteiger partial charge in [-0.15, -0.1) is 11.8 Å². The van der Waals surface area contributed by atoms with Crippen LogP contribution in [-0.2, 0) is 25.7 Å². The molecule has 6 nitrogen and oxygen atoms in total. The lowest BCUT2D eigenvalue weighted by molar-refractivity contribution is 0.185. The second-order valence-corrected chi connectivity index (χ2v) is 11.3. The molecule has 0 saturated heterocycles. The maximum absolute atomic E-state index is 5.44. The van der Waals surface area contributed by atoms with Crippen molar-refractivity contribution in [3.63, 3.8) is 0 Å². The Morgan fingerprint density at radius 2 is 1.94 bits per heavy atom. The largest absolute Gasteiger partial charge is 0.495 e. The quantitative estimate of drug-likeness (QED) is 0.413. The number of aromatic amines is 1. The van der Waals surface area contributed by atoms with E-state index in [1.165, 1.54) is 32.7 Å². The van der Waals surface area contributed by atoms with E-state index in [2.05, 4.69) is 64.6 Å². The van der Waals surface area contributed by atoms with E-state index in [-0.39, 0.29) is 6.17 Å². The standard InChI is InChI=1S/C28H35N5OS/c1-5-35-19-6-7-20-21-8-11-31(2)12-10-25(21)33(26(20)15-19)27-16-22-23(9-13-32(27)3)30-24-14-18(34-4)17-29-28(22)24/h6-7,14-15,17,27,30H,5,8-13,16H2,1-4H3. The van der Waals surface area contributed by atoms with E-state index in [0.29, 0.717) is 0 Å². The number of pyridine rings is 1. The number of hydrogen-bond acceptors (Lipinski definition) is 5. The summed E-state index contributed by atoms with van der Waals surface area (Å²) in [4.78, 5) is 14.9.